The number of aromatic nitrogens is 2. The fourth-order valence-electron chi connectivity index (χ4n) is 2.32. The summed E-state index contributed by atoms with van der Waals surface area (Å²) in [5.74, 6) is 2.31. The molecular formula is C17H16N2O3. The predicted molar refractivity (Wildman–Crippen MR) is 84.6 cm³/mol. The van der Waals surface area contributed by atoms with Crippen molar-refractivity contribution >= 4 is 10.9 Å². The topological polar surface area (TPSA) is 53.5 Å². The fraction of sp³-hybridized carbons (Fsp3) is 0.176. The highest BCUT2D eigenvalue weighted by molar-refractivity contribution is 5.80. The summed E-state index contributed by atoms with van der Waals surface area (Å²) >= 11 is 0. The number of ether oxygens (including phenoxy) is 3. The Balaban J connectivity index is 2.17. The van der Waals surface area contributed by atoms with Crippen molar-refractivity contribution in [1.29, 1.82) is 0 Å². The van der Waals surface area contributed by atoms with Gasteiger partial charge in [0.1, 0.15) is 0 Å². The SMILES string of the molecule is COc1cc(-c2ncc3ccccc3n2)cc(OC)c1OC. The van der Waals surface area contributed by atoms with Crippen LogP contribution in [-0.4, -0.2) is 31.3 Å². The Hall–Kier alpha value is -2.82. The van der Waals surface area contributed by atoms with Gasteiger partial charge in [0.2, 0.25) is 5.75 Å². The molecule has 0 N–H and O–H groups in total. The van der Waals surface area contributed by atoms with Gasteiger partial charge in [0.25, 0.3) is 0 Å². The maximum absolute atomic E-state index is 5.37. The molecule has 0 saturated heterocycles. The molecule has 0 unspecified atom stereocenters. The van der Waals surface area contributed by atoms with E-state index >= 15 is 0 Å². The van der Waals surface area contributed by atoms with Gasteiger partial charge < -0.3 is 14.2 Å². The van der Waals surface area contributed by atoms with Crippen LogP contribution in [0.1, 0.15) is 0 Å². The Morgan fingerprint density at radius 2 is 1.55 bits per heavy atom. The van der Waals surface area contributed by atoms with E-state index in [4.69, 9.17) is 14.2 Å². The second kappa shape index (κ2) is 5.89. The quantitative estimate of drug-likeness (QED) is 0.739. The Kier molecular flexibility index (Phi) is 3.78. The molecule has 5 nitrogen and oxygen atoms in total. The molecule has 0 aliphatic rings. The number of methoxy groups -OCH3 is 3. The second-order valence-electron chi connectivity index (χ2n) is 4.67. The van der Waals surface area contributed by atoms with E-state index in [1.807, 2.05) is 36.4 Å². The highest BCUT2D eigenvalue weighted by atomic mass is 16.5. The van der Waals surface area contributed by atoms with E-state index in [0.717, 1.165) is 16.5 Å². The Labute approximate surface area is 128 Å². The molecule has 0 saturated carbocycles. The van der Waals surface area contributed by atoms with Gasteiger partial charge in [0.15, 0.2) is 17.3 Å². The van der Waals surface area contributed by atoms with Crippen LogP contribution in [0.2, 0.25) is 0 Å². The summed E-state index contributed by atoms with van der Waals surface area (Å²) in [5, 5.41) is 0.999. The van der Waals surface area contributed by atoms with Crippen LogP contribution < -0.4 is 14.2 Å². The molecule has 1 heterocycles. The lowest BCUT2D eigenvalue weighted by molar-refractivity contribution is 0.324. The van der Waals surface area contributed by atoms with E-state index in [1.165, 1.54) is 0 Å². The maximum atomic E-state index is 5.37. The number of nitrogens with zero attached hydrogens (tertiary/aromatic N) is 2. The second-order valence-corrected chi connectivity index (χ2v) is 4.67. The molecule has 3 rings (SSSR count). The molecule has 5 heteroatoms. The van der Waals surface area contributed by atoms with Crippen LogP contribution in [0, 0.1) is 0 Å². The lowest BCUT2D eigenvalue weighted by Gasteiger charge is -2.13. The summed E-state index contributed by atoms with van der Waals surface area (Å²) in [5.41, 5.74) is 1.70. The van der Waals surface area contributed by atoms with E-state index in [2.05, 4.69) is 9.97 Å². The summed E-state index contributed by atoms with van der Waals surface area (Å²) in [6.07, 6.45) is 1.81. The molecule has 0 spiro atoms. The van der Waals surface area contributed by atoms with Gasteiger partial charge in [-0.2, -0.15) is 0 Å². The molecular weight excluding hydrogens is 280 g/mol. The van der Waals surface area contributed by atoms with Crippen LogP contribution in [-0.2, 0) is 0 Å². The lowest BCUT2D eigenvalue weighted by Crippen LogP contribution is -1.97. The molecule has 3 aromatic rings. The van der Waals surface area contributed by atoms with Gasteiger partial charge in [-0.1, -0.05) is 18.2 Å². The molecule has 112 valence electrons. The van der Waals surface area contributed by atoms with Crippen molar-refractivity contribution < 1.29 is 14.2 Å². The predicted octanol–water partition coefficient (Wildman–Crippen LogP) is 3.32. The number of fused-ring (bicyclic) bond motifs is 1. The summed E-state index contributed by atoms with van der Waals surface area (Å²) in [6.45, 7) is 0. The number of benzene rings is 2. The summed E-state index contributed by atoms with van der Waals surface area (Å²) in [7, 11) is 4.75. The van der Waals surface area contributed by atoms with Crippen LogP contribution in [0.15, 0.2) is 42.6 Å². The van der Waals surface area contributed by atoms with Crippen LogP contribution >= 0.6 is 0 Å². The van der Waals surface area contributed by atoms with Crippen LogP contribution in [0.3, 0.4) is 0 Å². The van der Waals surface area contributed by atoms with Crippen molar-refractivity contribution in [2.45, 2.75) is 0 Å². The zero-order chi connectivity index (χ0) is 15.5. The molecule has 0 aliphatic heterocycles. The molecule has 1 aromatic heterocycles. The normalized spacial score (nSPS) is 10.5. The van der Waals surface area contributed by atoms with Crippen molar-refractivity contribution in [3.63, 3.8) is 0 Å². The third kappa shape index (κ3) is 2.41. The van der Waals surface area contributed by atoms with Crippen molar-refractivity contribution in [3.8, 4) is 28.6 Å². The van der Waals surface area contributed by atoms with Gasteiger partial charge in [-0.05, 0) is 18.2 Å². The van der Waals surface area contributed by atoms with Crippen molar-refractivity contribution in [2.75, 3.05) is 21.3 Å². The fourth-order valence-corrected chi connectivity index (χ4v) is 2.32. The van der Waals surface area contributed by atoms with Crippen LogP contribution in [0.25, 0.3) is 22.3 Å². The zero-order valence-corrected chi connectivity index (χ0v) is 12.7. The first kappa shape index (κ1) is 14.1. The Morgan fingerprint density at radius 1 is 0.864 bits per heavy atom. The third-order valence-electron chi connectivity index (χ3n) is 3.41. The smallest absolute Gasteiger partial charge is 0.203 e. The van der Waals surface area contributed by atoms with Crippen molar-refractivity contribution in [3.05, 3.63) is 42.6 Å². The average Bonchev–Trinajstić information content (AvgIpc) is 2.59. The van der Waals surface area contributed by atoms with Gasteiger partial charge in [0.05, 0.1) is 26.8 Å². The molecule has 22 heavy (non-hydrogen) atoms. The number of hydrogen-bond acceptors (Lipinski definition) is 5. The van der Waals surface area contributed by atoms with Gasteiger partial charge in [-0.3, -0.25) is 0 Å². The standard InChI is InChI=1S/C17H16N2O3/c1-20-14-8-12(9-15(21-2)16(14)22-3)17-18-10-11-6-4-5-7-13(11)19-17/h4-10H,1-3H3. The zero-order valence-electron chi connectivity index (χ0n) is 12.7. The minimum Gasteiger partial charge on any atom is -0.493 e. The summed E-state index contributed by atoms with van der Waals surface area (Å²) in [6, 6.07) is 11.5. The number of rotatable bonds is 4. The first-order valence-electron chi connectivity index (χ1n) is 6.79. The Bertz CT molecular complexity index is 793. The lowest BCUT2D eigenvalue weighted by atomic mass is 10.1. The van der Waals surface area contributed by atoms with Crippen molar-refractivity contribution in [2.24, 2.45) is 0 Å². The minimum atomic E-state index is 0.550. The van der Waals surface area contributed by atoms with Gasteiger partial charge in [0, 0.05) is 17.1 Å². The summed E-state index contributed by atoms with van der Waals surface area (Å²) < 4.78 is 16.1. The average molecular weight is 296 g/mol. The first-order chi connectivity index (χ1) is 10.8. The number of hydrogen-bond donors (Lipinski definition) is 0. The molecule has 0 atom stereocenters. The highest BCUT2D eigenvalue weighted by Crippen LogP contribution is 2.40. The van der Waals surface area contributed by atoms with Gasteiger partial charge in [-0.25, -0.2) is 9.97 Å². The number of para-hydroxylation sites is 1. The van der Waals surface area contributed by atoms with Crippen LogP contribution in [0.5, 0.6) is 17.2 Å². The van der Waals surface area contributed by atoms with E-state index in [9.17, 15) is 0 Å². The highest BCUT2D eigenvalue weighted by Gasteiger charge is 2.15. The van der Waals surface area contributed by atoms with E-state index < -0.39 is 0 Å². The van der Waals surface area contributed by atoms with E-state index in [0.29, 0.717) is 23.1 Å². The van der Waals surface area contributed by atoms with Gasteiger partial charge in [-0.15, -0.1) is 0 Å². The molecule has 0 radical (unpaired) electrons. The molecule has 0 fully saturated rings. The Morgan fingerprint density at radius 3 is 2.18 bits per heavy atom. The largest absolute Gasteiger partial charge is 0.493 e. The minimum absolute atomic E-state index is 0.550. The monoisotopic (exact) mass is 296 g/mol. The van der Waals surface area contributed by atoms with Crippen LogP contribution in [0.4, 0.5) is 0 Å². The van der Waals surface area contributed by atoms with Crippen molar-refractivity contribution in [1.82, 2.24) is 9.97 Å². The molecule has 0 amide bonds. The van der Waals surface area contributed by atoms with E-state index in [1.54, 1.807) is 27.5 Å². The molecule has 2 aromatic carbocycles. The third-order valence-corrected chi connectivity index (χ3v) is 3.41. The summed E-state index contributed by atoms with van der Waals surface area (Å²) in [4.78, 5) is 9.01. The molecule has 0 aliphatic carbocycles. The molecule has 0 bridgehead atoms. The first-order valence-corrected chi connectivity index (χ1v) is 6.79. The maximum Gasteiger partial charge on any atom is 0.203 e. The van der Waals surface area contributed by atoms with E-state index in [-0.39, 0.29) is 0 Å². The van der Waals surface area contributed by atoms with Gasteiger partial charge >= 0.3 is 0 Å².